The van der Waals surface area contributed by atoms with Crippen molar-refractivity contribution in [3.8, 4) is 5.88 Å². The number of rotatable bonds is 3. The number of carbonyl (C=O) groups is 1. The van der Waals surface area contributed by atoms with Crippen LogP contribution in [0.25, 0.3) is 0 Å². The zero-order chi connectivity index (χ0) is 14.7. The van der Waals surface area contributed by atoms with Gasteiger partial charge >= 0.3 is 0 Å². The Morgan fingerprint density at radius 2 is 2.05 bits per heavy atom. The first-order chi connectivity index (χ1) is 10.3. The van der Waals surface area contributed by atoms with Gasteiger partial charge in [-0.15, -0.1) is 0 Å². The summed E-state index contributed by atoms with van der Waals surface area (Å²) >= 11 is 0. The van der Waals surface area contributed by atoms with Crippen LogP contribution in [0.15, 0.2) is 18.2 Å². The predicted octanol–water partition coefficient (Wildman–Crippen LogP) is 1.93. The molecule has 1 aromatic rings. The lowest BCUT2D eigenvalue weighted by Crippen LogP contribution is -2.41. The molecule has 0 radical (unpaired) electrons. The molecule has 21 heavy (non-hydrogen) atoms. The zero-order valence-electron chi connectivity index (χ0n) is 12.6. The second-order valence-corrected chi connectivity index (χ2v) is 5.83. The van der Waals surface area contributed by atoms with Crippen LogP contribution in [0.3, 0.4) is 0 Å². The highest BCUT2D eigenvalue weighted by molar-refractivity contribution is 5.79. The van der Waals surface area contributed by atoms with Crippen molar-refractivity contribution < 1.29 is 9.53 Å². The number of pyridine rings is 1. The molecule has 2 aliphatic rings. The molecule has 0 atom stereocenters. The van der Waals surface area contributed by atoms with E-state index >= 15 is 0 Å². The molecule has 0 spiro atoms. The minimum absolute atomic E-state index is 0.298. The first-order valence-corrected chi connectivity index (χ1v) is 7.83. The number of amides is 1. The second-order valence-electron chi connectivity index (χ2n) is 5.83. The fraction of sp³-hybridized carbons (Fsp3) is 0.625. The quantitative estimate of drug-likeness (QED) is 0.853. The Morgan fingerprint density at radius 3 is 2.76 bits per heavy atom. The summed E-state index contributed by atoms with van der Waals surface area (Å²) in [4.78, 5) is 21.1. The highest BCUT2D eigenvalue weighted by Gasteiger charge is 2.30. The molecule has 114 valence electrons. The molecule has 3 rings (SSSR count). The van der Waals surface area contributed by atoms with Crippen LogP contribution in [0.4, 0.5) is 5.82 Å². The Morgan fingerprint density at radius 1 is 1.19 bits per heavy atom. The monoisotopic (exact) mass is 289 g/mol. The number of hydrogen-bond acceptors (Lipinski definition) is 4. The normalized spacial score (nSPS) is 19.9. The summed E-state index contributed by atoms with van der Waals surface area (Å²) in [5, 5.41) is 0. The van der Waals surface area contributed by atoms with Crippen LogP contribution in [-0.4, -0.2) is 49.1 Å². The molecule has 1 aliphatic heterocycles. The van der Waals surface area contributed by atoms with Crippen LogP contribution in [0, 0.1) is 5.92 Å². The van der Waals surface area contributed by atoms with Crippen molar-refractivity contribution >= 4 is 11.7 Å². The summed E-state index contributed by atoms with van der Waals surface area (Å²) in [7, 11) is 1.63. The average Bonchev–Trinajstić information content (AvgIpc) is 2.71. The number of anilines is 1. The van der Waals surface area contributed by atoms with Gasteiger partial charge < -0.3 is 14.5 Å². The van der Waals surface area contributed by atoms with Crippen molar-refractivity contribution in [3.05, 3.63) is 18.2 Å². The van der Waals surface area contributed by atoms with E-state index in [9.17, 15) is 4.79 Å². The Balaban J connectivity index is 1.63. The maximum Gasteiger partial charge on any atom is 0.225 e. The number of hydrogen-bond donors (Lipinski definition) is 0. The molecule has 1 aromatic heterocycles. The third-order valence-corrected chi connectivity index (χ3v) is 4.50. The van der Waals surface area contributed by atoms with Gasteiger partial charge in [0.15, 0.2) is 0 Å². The molecular formula is C16H23N3O2. The minimum Gasteiger partial charge on any atom is -0.481 e. The van der Waals surface area contributed by atoms with E-state index in [0.29, 0.717) is 17.7 Å². The van der Waals surface area contributed by atoms with E-state index in [4.69, 9.17) is 4.74 Å². The summed E-state index contributed by atoms with van der Waals surface area (Å²) in [5.41, 5.74) is 0. The Labute approximate surface area is 125 Å². The van der Waals surface area contributed by atoms with Gasteiger partial charge in [-0.25, -0.2) is 0 Å². The van der Waals surface area contributed by atoms with E-state index in [1.807, 2.05) is 23.1 Å². The van der Waals surface area contributed by atoms with Crippen molar-refractivity contribution in [1.82, 2.24) is 9.88 Å². The van der Waals surface area contributed by atoms with E-state index < -0.39 is 0 Å². The van der Waals surface area contributed by atoms with Gasteiger partial charge in [0.1, 0.15) is 5.82 Å². The van der Waals surface area contributed by atoms with Gasteiger partial charge in [-0.2, -0.15) is 4.98 Å². The topological polar surface area (TPSA) is 45.7 Å². The Kier molecular flexibility index (Phi) is 4.27. The third kappa shape index (κ3) is 3.12. The maximum atomic E-state index is 12.3. The van der Waals surface area contributed by atoms with Gasteiger partial charge in [0.2, 0.25) is 11.8 Å². The maximum absolute atomic E-state index is 12.3. The van der Waals surface area contributed by atoms with Crippen LogP contribution < -0.4 is 9.64 Å². The van der Waals surface area contributed by atoms with Crippen molar-refractivity contribution in [3.63, 3.8) is 0 Å². The first kappa shape index (κ1) is 14.2. The summed E-state index contributed by atoms with van der Waals surface area (Å²) in [6.45, 7) is 3.46. The molecule has 1 saturated carbocycles. The van der Waals surface area contributed by atoms with Gasteiger partial charge in [-0.1, -0.05) is 12.5 Å². The fourth-order valence-electron chi connectivity index (χ4n) is 2.97. The van der Waals surface area contributed by atoms with Gasteiger partial charge in [-0.3, -0.25) is 4.79 Å². The Hall–Kier alpha value is -1.78. The molecule has 0 aromatic carbocycles. The lowest BCUT2D eigenvalue weighted by molar-refractivity contribution is -0.137. The van der Waals surface area contributed by atoms with E-state index in [1.54, 1.807) is 7.11 Å². The molecular weight excluding hydrogens is 266 g/mol. The number of nitrogens with zero attached hydrogens (tertiary/aromatic N) is 3. The number of aromatic nitrogens is 1. The number of carbonyl (C=O) groups excluding carboxylic acids is 1. The summed E-state index contributed by atoms with van der Waals surface area (Å²) in [6, 6.07) is 5.82. The molecule has 2 fully saturated rings. The standard InChI is InChI=1S/C16H23N3O2/c1-21-15-8-3-7-14(17-15)18-9-4-10-19(12-11-18)16(20)13-5-2-6-13/h3,7-8,13H,2,4-6,9-12H2,1H3. The fourth-order valence-corrected chi connectivity index (χ4v) is 2.97. The van der Waals surface area contributed by atoms with Crippen molar-refractivity contribution in [2.24, 2.45) is 5.92 Å². The first-order valence-electron chi connectivity index (χ1n) is 7.83. The predicted molar refractivity (Wildman–Crippen MR) is 81.5 cm³/mol. The van der Waals surface area contributed by atoms with Crippen LogP contribution in [0.1, 0.15) is 25.7 Å². The van der Waals surface area contributed by atoms with Crippen molar-refractivity contribution in [2.75, 3.05) is 38.2 Å². The largest absolute Gasteiger partial charge is 0.481 e. The van der Waals surface area contributed by atoms with Crippen molar-refractivity contribution in [2.45, 2.75) is 25.7 Å². The molecule has 1 saturated heterocycles. The van der Waals surface area contributed by atoms with E-state index in [0.717, 1.165) is 51.3 Å². The molecule has 0 unspecified atom stereocenters. The lowest BCUT2D eigenvalue weighted by Gasteiger charge is -2.31. The molecule has 5 heteroatoms. The van der Waals surface area contributed by atoms with Gasteiger partial charge in [0, 0.05) is 38.2 Å². The number of methoxy groups -OCH3 is 1. The van der Waals surface area contributed by atoms with Gasteiger partial charge in [0.05, 0.1) is 7.11 Å². The molecule has 0 bridgehead atoms. The molecule has 1 aliphatic carbocycles. The summed E-state index contributed by atoms with van der Waals surface area (Å²) < 4.78 is 5.19. The second kappa shape index (κ2) is 6.33. The molecule has 2 heterocycles. The van der Waals surface area contributed by atoms with E-state index in [1.165, 1.54) is 6.42 Å². The summed E-state index contributed by atoms with van der Waals surface area (Å²) in [6.07, 6.45) is 4.37. The number of ether oxygens (including phenoxy) is 1. The highest BCUT2D eigenvalue weighted by atomic mass is 16.5. The highest BCUT2D eigenvalue weighted by Crippen LogP contribution is 2.28. The van der Waals surface area contributed by atoms with Crippen LogP contribution in [0.5, 0.6) is 5.88 Å². The lowest BCUT2D eigenvalue weighted by atomic mass is 9.84. The average molecular weight is 289 g/mol. The third-order valence-electron chi connectivity index (χ3n) is 4.50. The van der Waals surface area contributed by atoms with Crippen LogP contribution >= 0.6 is 0 Å². The van der Waals surface area contributed by atoms with Crippen molar-refractivity contribution in [1.29, 1.82) is 0 Å². The van der Waals surface area contributed by atoms with E-state index in [2.05, 4.69) is 9.88 Å². The summed E-state index contributed by atoms with van der Waals surface area (Å²) in [5.74, 6) is 2.24. The minimum atomic E-state index is 0.298. The van der Waals surface area contributed by atoms with Crippen LogP contribution in [0.2, 0.25) is 0 Å². The van der Waals surface area contributed by atoms with Crippen LogP contribution in [-0.2, 0) is 4.79 Å². The smallest absolute Gasteiger partial charge is 0.225 e. The van der Waals surface area contributed by atoms with Gasteiger partial charge in [-0.05, 0) is 25.3 Å². The molecule has 0 N–H and O–H groups in total. The zero-order valence-corrected chi connectivity index (χ0v) is 12.6. The Bertz CT molecular complexity index is 502. The molecule has 5 nitrogen and oxygen atoms in total. The SMILES string of the molecule is COc1cccc(N2CCCN(C(=O)C3CCC3)CC2)n1. The van der Waals surface area contributed by atoms with Gasteiger partial charge in [0.25, 0.3) is 0 Å². The molecule has 1 amide bonds. The van der Waals surface area contributed by atoms with E-state index in [-0.39, 0.29) is 0 Å².